The first-order valence-corrected chi connectivity index (χ1v) is 20.0. The Kier molecular flexibility index (Phi) is 10.8. The molecule has 2 atom stereocenters. The predicted octanol–water partition coefficient (Wildman–Crippen LogP) is 10.7. The summed E-state index contributed by atoms with van der Waals surface area (Å²) in [7, 11) is 4.75. The van der Waals surface area contributed by atoms with Crippen molar-refractivity contribution in [2.45, 2.75) is 31.6 Å². The maximum absolute atomic E-state index is 13.7. The molecule has 9 nitrogen and oxygen atoms in total. The second-order valence-electron chi connectivity index (χ2n) is 13.8. The third-order valence-electron chi connectivity index (χ3n) is 10.5. The zero-order valence-corrected chi connectivity index (χ0v) is 34.8. The number of hydrogen-bond acceptors (Lipinski definition) is 9. The van der Waals surface area contributed by atoms with E-state index in [9.17, 15) is 19.2 Å². The minimum absolute atomic E-state index is 0.245. The van der Waals surface area contributed by atoms with E-state index in [-0.39, 0.29) is 23.4 Å². The molecule has 57 heavy (non-hydrogen) atoms. The molecule has 0 spiro atoms. The molecule has 0 fully saturated rings. The molecule has 8 rings (SSSR count). The number of carbonyl (C=O) groups excluding carboxylic acids is 4. The Balaban J connectivity index is 0.000000174. The van der Waals surface area contributed by atoms with E-state index in [0.29, 0.717) is 69.3 Å². The van der Waals surface area contributed by atoms with Crippen LogP contribution in [0.3, 0.4) is 0 Å². The highest BCUT2D eigenvalue weighted by atomic mass is 35.5. The topological polar surface area (TPSA) is 120 Å². The van der Waals surface area contributed by atoms with E-state index in [1.807, 2.05) is 79.7 Å². The standard InChI is InChI=1S/C22H18ClNO4S.C22H18ClNO3S/c1-22(13-6-10-15(28-3)11-7-13)18(25)17-16(12-4-8-14(27-2)9-5-12)19(23)29-20(17)24-21(22)26;1-12-5-4-6-14(11-12)22(2)18(25)17-16(13-7-9-15(27-3)10-8-13)19(23)28-20(17)24-21(22)26/h4-11H,1-3H3,(H,24,26);4-11H,1-3H3,(H,24,26). The monoisotopic (exact) mass is 838 g/mol. The van der Waals surface area contributed by atoms with Crippen LogP contribution in [-0.2, 0) is 20.4 Å². The number of Topliss-reactive ketones (excluding diaryl/α,β-unsaturated/α-hetero) is 2. The van der Waals surface area contributed by atoms with Gasteiger partial charge in [0, 0.05) is 11.1 Å². The van der Waals surface area contributed by atoms with Crippen LogP contribution in [0.4, 0.5) is 10.0 Å². The lowest BCUT2D eigenvalue weighted by molar-refractivity contribution is -0.120. The van der Waals surface area contributed by atoms with Crippen LogP contribution in [-0.4, -0.2) is 44.7 Å². The summed E-state index contributed by atoms with van der Waals surface area (Å²) in [5.41, 5.74) is 3.32. The molecule has 0 saturated heterocycles. The molecule has 6 aromatic rings. The number of amides is 2. The third kappa shape index (κ3) is 6.78. The van der Waals surface area contributed by atoms with Gasteiger partial charge in [0.15, 0.2) is 11.6 Å². The molecule has 0 bridgehead atoms. The number of benzene rings is 4. The second kappa shape index (κ2) is 15.5. The molecule has 4 aromatic carbocycles. The van der Waals surface area contributed by atoms with Gasteiger partial charge in [-0.1, -0.05) is 89.4 Å². The first-order valence-electron chi connectivity index (χ1n) is 17.6. The summed E-state index contributed by atoms with van der Waals surface area (Å²) in [6, 6.07) is 29.1. The van der Waals surface area contributed by atoms with Crippen molar-refractivity contribution in [2.24, 2.45) is 0 Å². The van der Waals surface area contributed by atoms with Gasteiger partial charge in [0.1, 0.15) is 46.8 Å². The van der Waals surface area contributed by atoms with Crippen molar-refractivity contribution in [1.29, 1.82) is 0 Å². The Morgan fingerprint density at radius 3 is 1.30 bits per heavy atom. The highest BCUT2D eigenvalue weighted by molar-refractivity contribution is 7.21. The minimum Gasteiger partial charge on any atom is -0.497 e. The van der Waals surface area contributed by atoms with Crippen LogP contribution >= 0.6 is 45.9 Å². The normalized spacial score (nSPS) is 18.4. The van der Waals surface area contributed by atoms with Gasteiger partial charge in [-0.2, -0.15) is 0 Å². The first kappa shape index (κ1) is 39.8. The molecule has 0 aliphatic carbocycles. The van der Waals surface area contributed by atoms with Crippen molar-refractivity contribution in [2.75, 3.05) is 32.0 Å². The molecule has 2 amide bonds. The summed E-state index contributed by atoms with van der Waals surface area (Å²) in [6.45, 7) is 5.25. The van der Waals surface area contributed by atoms with Crippen LogP contribution in [0.1, 0.15) is 51.3 Å². The molecule has 4 heterocycles. The van der Waals surface area contributed by atoms with Crippen LogP contribution in [0, 0.1) is 6.92 Å². The zero-order chi connectivity index (χ0) is 40.8. The number of aryl methyl sites for hydroxylation is 1. The molecule has 290 valence electrons. The number of anilines is 2. The summed E-state index contributed by atoms with van der Waals surface area (Å²) in [4.78, 5) is 53.2. The second-order valence-corrected chi connectivity index (χ2v) is 17.0. The Morgan fingerprint density at radius 2 is 0.912 bits per heavy atom. The third-order valence-corrected chi connectivity index (χ3v) is 13.1. The molecule has 0 saturated carbocycles. The van der Waals surface area contributed by atoms with Gasteiger partial charge in [-0.15, -0.1) is 22.7 Å². The fraction of sp³-hybridized carbons (Fsp3) is 0.182. The fourth-order valence-corrected chi connectivity index (χ4v) is 9.77. The summed E-state index contributed by atoms with van der Waals surface area (Å²) >= 11 is 15.4. The molecule has 0 radical (unpaired) electrons. The maximum Gasteiger partial charge on any atom is 0.243 e. The van der Waals surface area contributed by atoms with E-state index < -0.39 is 10.8 Å². The Morgan fingerprint density at radius 1 is 0.526 bits per heavy atom. The Hall–Kier alpha value is -5.46. The number of methoxy groups -OCH3 is 3. The lowest BCUT2D eigenvalue weighted by Gasteiger charge is -2.32. The highest BCUT2D eigenvalue weighted by Crippen LogP contribution is 2.51. The molecule has 2 aliphatic rings. The van der Waals surface area contributed by atoms with Gasteiger partial charge in [-0.25, -0.2) is 0 Å². The van der Waals surface area contributed by atoms with Gasteiger partial charge in [-0.3, -0.25) is 19.2 Å². The smallest absolute Gasteiger partial charge is 0.243 e. The minimum atomic E-state index is -1.37. The van der Waals surface area contributed by atoms with E-state index in [2.05, 4.69) is 10.6 Å². The van der Waals surface area contributed by atoms with Crippen molar-refractivity contribution in [3.63, 3.8) is 0 Å². The van der Waals surface area contributed by atoms with Gasteiger partial charge in [0.25, 0.3) is 0 Å². The molecular formula is C44H36Cl2N2O7S2. The maximum atomic E-state index is 13.7. The average molecular weight is 840 g/mol. The molecule has 2 unspecified atom stereocenters. The lowest BCUT2D eigenvalue weighted by atomic mass is 9.72. The van der Waals surface area contributed by atoms with Crippen LogP contribution in [0.2, 0.25) is 8.67 Å². The van der Waals surface area contributed by atoms with Crippen molar-refractivity contribution < 1.29 is 33.4 Å². The molecule has 2 N–H and O–H groups in total. The van der Waals surface area contributed by atoms with Gasteiger partial charge in [0.05, 0.1) is 32.5 Å². The van der Waals surface area contributed by atoms with Crippen molar-refractivity contribution >= 4 is 79.3 Å². The summed E-state index contributed by atoms with van der Waals surface area (Å²) < 4.78 is 16.5. The molecule has 2 aliphatic heterocycles. The predicted molar refractivity (Wildman–Crippen MR) is 227 cm³/mol. The molecular weight excluding hydrogens is 804 g/mol. The van der Waals surface area contributed by atoms with E-state index in [0.717, 1.165) is 16.7 Å². The quantitative estimate of drug-likeness (QED) is 0.154. The van der Waals surface area contributed by atoms with E-state index in [4.69, 9.17) is 37.4 Å². The average Bonchev–Trinajstić information content (AvgIpc) is 3.73. The lowest BCUT2D eigenvalue weighted by Crippen LogP contribution is -2.48. The van der Waals surface area contributed by atoms with Crippen molar-refractivity contribution in [3.05, 3.63) is 134 Å². The molecule has 13 heteroatoms. The summed E-state index contributed by atoms with van der Waals surface area (Å²) in [6.07, 6.45) is 0. The Labute approximate surface area is 347 Å². The van der Waals surface area contributed by atoms with Gasteiger partial charge >= 0.3 is 0 Å². The van der Waals surface area contributed by atoms with E-state index in [1.165, 1.54) is 22.7 Å². The summed E-state index contributed by atoms with van der Waals surface area (Å²) in [5, 5.41) is 6.75. The van der Waals surface area contributed by atoms with Gasteiger partial charge < -0.3 is 24.8 Å². The van der Waals surface area contributed by atoms with E-state index >= 15 is 0 Å². The van der Waals surface area contributed by atoms with Crippen molar-refractivity contribution in [3.8, 4) is 39.5 Å². The number of fused-ring (bicyclic) bond motifs is 2. The first-order chi connectivity index (χ1) is 27.3. The zero-order valence-electron chi connectivity index (χ0n) is 31.7. The van der Waals surface area contributed by atoms with Gasteiger partial charge in [0.2, 0.25) is 11.8 Å². The number of nitrogens with one attached hydrogen (secondary N) is 2. The van der Waals surface area contributed by atoms with E-state index in [1.54, 1.807) is 59.4 Å². The number of halogens is 2. The number of hydrogen-bond donors (Lipinski definition) is 2. The fourth-order valence-electron chi connectivity index (χ4n) is 7.01. The number of thiophene rings is 2. The van der Waals surface area contributed by atoms with Crippen molar-refractivity contribution in [1.82, 2.24) is 0 Å². The van der Waals surface area contributed by atoms with Gasteiger partial charge in [-0.05, 0) is 79.4 Å². The number of rotatable bonds is 7. The largest absolute Gasteiger partial charge is 0.497 e. The van der Waals surface area contributed by atoms with Crippen LogP contribution in [0.25, 0.3) is 22.3 Å². The number of ether oxygens (including phenoxy) is 3. The van der Waals surface area contributed by atoms with Crippen LogP contribution in [0.5, 0.6) is 17.2 Å². The Bertz CT molecular complexity index is 2570. The summed E-state index contributed by atoms with van der Waals surface area (Å²) in [5.74, 6) is 0.833. The number of ketones is 2. The molecule has 2 aromatic heterocycles. The van der Waals surface area contributed by atoms with Crippen LogP contribution in [0.15, 0.2) is 97.1 Å². The van der Waals surface area contributed by atoms with Crippen LogP contribution < -0.4 is 24.8 Å². The number of carbonyl (C=O) groups is 4. The highest BCUT2D eigenvalue weighted by Gasteiger charge is 2.51. The SMILES string of the molecule is COc1ccc(-c2c(Cl)sc3c2C(=O)C(C)(c2ccc(OC)cc2)C(=O)N3)cc1.COc1ccc(-c2c(Cl)sc3c2C(=O)C(C)(c2cccc(C)c2)C(=O)N3)cc1.